The summed E-state index contributed by atoms with van der Waals surface area (Å²) < 4.78 is 11.4. The summed E-state index contributed by atoms with van der Waals surface area (Å²) in [5.74, 6) is 0. The van der Waals surface area contributed by atoms with Gasteiger partial charge in [0.15, 0.2) is 0 Å². The zero-order valence-electron chi connectivity index (χ0n) is 11.2. The normalized spacial score (nSPS) is 34.1. The van der Waals surface area contributed by atoms with Gasteiger partial charge in [-0.15, -0.1) is 0 Å². The number of ether oxygens (including phenoxy) is 2. The van der Waals surface area contributed by atoms with Crippen LogP contribution in [0.3, 0.4) is 0 Å². The lowest BCUT2D eigenvalue weighted by Gasteiger charge is -2.38. The minimum absolute atomic E-state index is 0.375. The first-order chi connectivity index (χ1) is 8.35. The predicted octanol–water partition coefficient (Wildman–Crippen LogP) is 2.35. The standard InChI is InChI=1S/C14H27NO2/c1-2-15-11-14(7-4-9-16-12-14)8-6-13-5-3-10-17-13/h13,15H,2-12H2,1H3. The molecule has 2 unspecified atom stereocenters. The van der Waals surface area contributed by atoms with Gasteiger partial charge in [-0.25, -0.2) is 0 Å². The molecule has 0 amide bonds. The van der Waals surface area contributed by atoms with E-state index in [0.29, 0.717) is 11.5 Å². The number of nitrogens with one attached hydrogen (secondary N) is 1. The van der Waals surface area contributed by atoms with Gasteiger partial charge in [0.05, 0.1) is 12.7 Å². The van der Waals surface area contributed by atoms with E-state index < -0.39 is 0 Å². The number of hydrogen-bond acceptors (Lipinski definition) is 3. The van der Waals surface area contributed by atoms with Gasteiger partial charge in [0.2, 0.25) is 0 Å². The summed E-state index contributed by atoms with van der Waals surface area (Å²) >= 11 is 0. The third-order valence-electron chi connectivity index (χ3n) is 4.17. The lowest BCUT2D eigenvalue weighted by Crippen LogP contribution is -2.41. The van der Waals surface area contributed by atoms with Crippen LogP contribution in [0.15, 0.2) is 0 Å². The minimum Gasteiger partial charge on any atom is -0.381 e. The summed E-state index contributed by atoms with van der Waals surface area (Å²) in [6.45, 7) is 7.21. The molecule has 2 saturated heterocycles. The Labute approximate surface area is 105 Å². The molecule has 100 valence electrons. The molecule has 1 N–H and O–H groups in total. The molecule has 17 heavy (non-hydrogen) atoms. The van der Waals surface area contributed by atoms with E-state index >= 15 is 0 Å². The summed E-state index contributed by atoms with van der Waals surface area (Å²) in [5.41, 5.74) is 0.375. The lowest BCUT2D eigenvalue weighted by atomic mass is 9.77. The van der Waals surface area contributed by atoms with Crippen molar-refractivity contribution >= 4 is 0 Å². The van der Waals surface area contributed by atoms with E-state index in [2.05, 4.69) is 12.2 Å². The third kappa shape index (κ3) is 3.94. The Morgan fingerprint density at radius 3 is 2.88 bits per heavy atom. The summed E-state index contributed by atoms with van der Waals surface area (Å²) in [7, 11) is 0. The van der Waals surface area contributed by atoms with Gasteiger partial charge in [0.1, 0.15) is 0 Å². The largest absolute Gasteiger partial charge is 0.381 e. The molecule has 0 aromatic rings. The van der Waals surface area contributed by atoms with Gasteiger partial charge in [-0.2, -0.15) is 0 Å². The first kappa shape index (κ1) is 13.3. The second-order valence-electron chi connectivity index (χ2n) is 5.61. The summed E-state index contributed by atoms with van der Waals surface area (Å²) in [6.07, 6.45) is 8.04. The van der Waals surface area contributed by atoms with Crippen molar-refractivity contribution in [2.75, 3.05) is 32.9 Å². The molecule has 2 aliphatic rings. The molecule has 0 bridgehead atoms. The highest BCUT2D eigenvalue weighted by Crippen LogP contribution is 2.34. The Hall–Kier alpha value is -0.120. The zero-order valence-corrected chi connectivity index (χ0v) is 11.2. The Kier molecular flexibility index (Phi) is 5.26. The van der Waals surface area contributed by atoms with Crippen LogP contribution in [0.5, 0.6) is 0 Å². The summed E-state index contributed by atoms with van der Waals surface area (Å²) in [6, 6.07) is 0. The molecule has 0 saturated carbocycles. The molecule has 2 rings (SSSR count). The topological polar surface area (TPSA) is 30.5 Å². The van der Waals surface area contributed by atoms with Gasteiger partial charge in [-0.05, 0) is 45.1 Å². The van der Waals surface area contributed by atoms with Crippen LogP contribution in [0.2, 0.25) is 0 Å². The van der Waals surface area contributed by atoms with Crippen molar-refractivity contribution in [1.82, 2.24) is 5.32 Å². The molecular formula is C14H27NO2. The molecule has 0 aromatic carbocycles. The smallest absolute Gasteiger partial charge is 0.0576 e. The van der Waals surface area contributed by atoms with Gasteiger partial charge in [0.25, 0.3) is 0 Å². The van der Waals surface area contributed by atoms with Gasteiger partial charge in [-0.1, -0.05) is 6.92 Å². The van der Waals surface area contributed by atoms with Crippen LogP contribution in [0.1, 0.15) is 45.4 Å². The van der Waals surface area contributed by atoms with Crippen molar-refractivity contribution < 1.29 is 9.47 Å². The van der Waals surface area contributed by atoms with Gasteiger partial charge in [0, 0.05) is 25.2 Å². The highest BCUT2D eigenvalue weighted by atomic mass is 16.5. The van der Waals surface area contributed by atoms with Crippen molar-refractivity contribution in [1.29, 1.82) is 0 Å². The summed E-state index contributed by atoms with van der Waals surface area (Å²) in [5, 5.41) is 3.51. The van der Waals surface area contributed by atoms with Crippen LogP contribution in [-0.4, -0.2) is 39.0 Å². The molecule has 0 aliphatic carbocycles. The molecule has 0 aromatic heterocycles. The molecule has 0 spiro atoms. The van der Waals surface area contributed by atoms with Crippen molar-refractivity contribution in [3.8, 4) is 0 Å². The average Bonchev–Trinajstić information content (AvgIpc) is 2.89. The van der Waals surface area contributed by atoms with E-state index in [1.165, 1.54) is 38.5 Å². The third-order valence-corrected chi connectivity index (χ3v) is 4.17. The van der Waals surface area contributed by atoms with Crippen molar-refractivity contribution in [3.05, 3.63) is 0 Å². The lowest BCUT2D eigenvalue weighted by molar-refractivity contribution is -0.0205. The minimum atomic E-state index is 0.375. The fourth-order valence-electron chi connectivity index (χ4n) is 3.06. The molecule has 2 heterocycles. The maximum atomic E-state index is 5.73. The Balaban J connectivity index is 1.80. The second-order valence-corrected chi connectivity index (χ2v) is 5.61. The quantitative estimate of drug-likeness (QED) is 0.774. The Morgan fingerprint density at radius 2 is 2.24 bits per heavy atom. The maximum Gasteiger partial charge on any atom is 0.0576 e. The van der Waals surface area contributed by atoms with E-state index in [1.54, 1.807) is 0 Å². The van der Waals surface area contributed by atoms with Gasteiger partial charge >= 0.3 is 0 Å². The predicted molar refractivity (Wildman–Crippen MR) is 69.2 cm³/mol. The van der Waals surface area contributed by atoms with E-state index in [9.17, 15) is 0 Å². The maximum absolute atomic E-state index is 5.73. The van der Waals surface area contributed by atoms with Crippen LogP contribution in [0.4, 0.5) is 0 Å². The van der Waals surface area contributed by atoms with Gasteiger partial charge in [-0.3, -0.25) is 0 Å². The van der Waals surface area contributed by atoms with Crippen LogP contribution in [-0.2, 0) is 9.47 Å². The van der Waals surface area contributed by atoms with Crippen LogP contribution in [0, 0.1) is 5.41 Å². The first-order valence-corrected chi connectivity index (χ1v) is 7.25. The number of hydrogen-bond donors (Lipinski definition) is 1. The van der Waals surface area contributed by atoms with E-state index in [4.69, 9.17) is 9.47 Å². The monoisotopic (exact) mass is 241 g/mol. The Bertz CT molecular complexity index is 208. The molecule has 2 fully saturated rings. The van der Waals surface area contributed by atoms with E-state index in [0.717, 1.165) is 32.9 Å². The molecular weight excluding hydrogens is 214 g/mol. The molecule has 3 heteroatoms. The molecule has 0 radical (unpaired) electrons. The summed E-state index contributed by atoms with van der Waals surface area (Å²) in [4.78, 5) is 0. The average molecular weight is 241 g/mol. The highest BCUT2D eigenvalue weighted by molar-refractivity contribution is 4.85. The SMILES string of the molecule is CCNCC1(CCC2CCCO2)CCCOC1. The van der Waals surface area contributed by atoms with Crippen LogP contribution < -0.4 is 5.32 Å². The fraction of sp³-hybridized carbons (Fsp3) is 1.00. The van der Waals surface area contributed by atoms with E-state index in [-0.39, 0.29) is 0 Å². The first-order valence-electron chi connectivity index (χ1n) is 7.25. The van der Waals surface area contributed by atoms with Crippen molar-refractivity contribution in [3.63, 3.8) is 0 Å². The van der Waals surface area contributed by atoms with E-state index in [1.807, 2.05) is 0 Å². The molecule has 3 nitrogen and oxygen atoms in total. The van der Waals surface area contributed by atoms with Crippen molar-refractivity contribution in [2.24, 2.45) is 5.41 Å². The molecule has 2 aliphatic heterocycles. The van der Waals surface area contributed by atoms with Crippen LogP contribution >= 0.6 is 0 Å². The van der Waals surface area contributed by atoms with Gasteiger partial charge < -0.3 is 14.8 Å². The fourth-order valence-corrected chi connectivity index (χ4v) is 3.06. The van der Waals surface area contributed by atoms with Crippen molar-refractivity contribution in [2.45, 2.75) is 51.6 Å². The number of rotatable bonds is 6. The highest BCUT2D eigenvalue weighted by Gasteiger charge is 2.33. The zero-order chi connectivity index (χ0) is 12.0. The molecule has 2 atom stereocenters. The Morgan fingerprint density at radius 1 is 1.29 bits per heavy atom. The van der Waals surface area contributed by atoms with Crippen LogP contribution in [0.25, 0.3) is 0 Å². The second kappa shape index (κ2) is 6.72.